The van der Waals surface area contributed by atoms with Gasteiger partial charge < -0.3 is 15.2 Å². The van der Waals surface area contributed by atoms with Crippen molar-refractivity contribution in [3.8, 4) is 5.75 Å². The van der Waals surface area contributed by atoms with E-state index in [0.29, 0.717) is 6.61 Å². The van der Waals surface area contributed by atoms with Gasteiger partial charge in [-0.25, -0.2) is 0 Å². The highest BCUT2D eigenvalue weighted by Crippen LogP contribution is 2.30. The van der Waals surface area contributed by atoms with E-state index in [1.807, 2.05) is 45.0 Å². The van der Waals surface area contributed by atoms with Gasteiger partial charge in [0.25, 0.3) is 0 Å². The van der Waals surface area contributed by atoms with E-state index >= 15 is 0 Å². The fourth-order valence-corrected chi connectivity index (χ4v) is 1.74. The fourth-order valence-electron chi connectivity index (χ4n) is 1.74. The Labute approximate surface area is 104 Å². The van der Waals surface area contributed by atoms with Gasteiger partial charge in [-0.05, 0) is 33.3 Å². The van der Waals surface area contributed by atoms with Crippen LogP contribution in [0.2, 0.25) is 0 Å². The van der Waals surface area contributed by atoms with Gasteiger partial charge in [-0.3, -0.25) is 0 Å². The van der Waals surface area contributed by atoms with E-state index in [4.69, 9.17) is 15.2 Å². The molecule has 0 saturated heterocycles. The van der Waals surface area contributed by atoms with E-state index in [1.165, 1.54) is 0 Å². The summed E-state index contributed by atoms with van der Waals surface area (Å²) >= 11 is 0. The molecule has 0 spiro atoms. The van der Waals surface area contributed by atoms with Crippen LogP contribution >= 0.6 is 0 Å². The number of hydrogen-bond donors (Lipinski definition) is 1. The van der Waals surface area contributed by atoms with Gasteiger partial charge in [0.05, 0.1) is 6.10 Å². The molecule has 1 unspecified atom stereocenters. The third-order valence-corrected chi connectivity index (χ3v) is 2.69. The Balaban J connectivity index is 2.94. The predicted molar refractivity (Wildman–Crippen MR) is 70.2 cm³/mol. The highest BCUT2D eigenvalue weighted by Gasteiger charge is 2.24. The van der Waals surface area contributed by atoms with E-state index < -0.39 is 5.54 Å². The van der Waals surface area contributed by atoms with Crippen LogP contribution in [-0.4, -0.2) is 19.8 Å². The molecule has 1 rings (SSSR count). The number of rotatable bonds is 6. The molecule has 1 atom stereocenters. The topological polar surface area (TPSA) is 44.5 Å². The largest absolute Gasteiger partial charge is 0.491 e. The summed E-state index contributed by atoms with van der Waals surface area (Å²) in [7, 11) is 1.69. The summed E-state index contributed by atoms with van der Waals surface area (Å²) in [5.41, 5.74) is 6.94. The minimum absolute atomic E-state index is 0.148. The molecule has 0 aliphatic rings. The minimum atomic E-state index is -0.429. The SMILES string of the molecule is COCCC(C)(N)c1ccccc1OC(C)C. The molecule has 2 N–H and O–H groups in total. The summed E-state index contributed by atoms with van der Waals surface area (Å²) in [6, 6.07) is 7.94. The number of methoxy groups -OCH3 is 1. The summed E-state index contributed by atoms with van der Waals surface area (Å²) < 4.78 is 10.9. The van der Waals surface area contributed by atoms with Crippen molar-refractivity contribution in [1.82, 2.24) is 0 Å². The van der Waals surface area contributed by atoms with Gasteiger partial charge in [0.1, 0.15) is 5.75 Å². The minimum Gasteiger partial charge on any atom is -0.491 e. The number of hydrogen-bond acceptors (Lipinski definition) is 3. The van der Waals surface area contributed by atoms with E-state index in [0.717, 1.165) is 17.7 Å². The lowest BCUT2D eigenvalue weighted by Crippen LogP contribution is -2.35. The molecule has 0 fully saturated rings. The molecular formula is C14H23NO2. The highest BCUT2D eigenvalue weighted by atomic mass is 16.5. The van der Waals surface area contributed by atoms with Crippen LogP contribution in [0, 0.1) is 0 Å². The van der Waals surface area contributed by atoms with Crippen LogP contribution in [0.25, 0.3) is 0 Å². The zero-order valence-electron chi connectivity index (χ0n) is 11.2. The van der Waals surface area contributed by atoms with E-state index in [-0.39, 0.29) is 6.10 Å². The Morgan fingerprint density at radius 2 is 1.94 bits per heavy atom. The van der Waals surface area contributed by atoms with Crippen molar-refractivity contribution >= 4 is 0 Å². The average molecular weight is 237 g/mol. The lowest BCUT2D eigenvalue weighted by Gasteiger charge is -2.27. The van der Waals surface area contributed by atoms with E-state index in [2.05, 4.69) is 0 Å². The second kappa shape index (κ2) is 6.03. The van der Waals surface area contributed by atoms with Crippen LogP contribution in [0.5, 0.6) is 5.75 Å². The summed E-state index contributed by atoms with van der Waals surface area (Å²) in [6.45, 7) is 6.68. The van der Waals surface area contributed by atoms with Crippen LogP contribution in [0.15, 0.2) is 24.3 Å². The first-order valence-electron chi connectivity index (χ1n) is 6.01. The monoisotopic (exact) mass is 237 g/mol. The standard InChI is InChI=1S/C14H23NO2/c1-11(2)17-13-8-6-5-7-12(13)14(3,15)9-10-16-4/h5-8,11H,9-10,15H2,1-4H3. The van der Waals surface area contributed by atoms with Crippen LogP contribution in [-0.2, 0) is 10.3 Å². The molecule has 0 aliphatic heterocycles. The second-order valence-corrected chi connectivity index (χ2v) is 4.82. The highest BCUT2D eigenvalue weighted by molar-refractivity contribution is 5.38. The zero-order valence-corrected chi connectivity index (χ0v) is 11.2. The van der Waals surface area contributed by atoms with Gasteiger partial charge in [0.2, 0.25) is 0 Å². The van der Waals surface area contributed by atoms with Crippen molar-refractivity contribution in [3.63, 3.8) is 0 Å². The van der Waals surface area contributed by atoms with Gasteiger partial charge in [0, 0.05) is 24.8 Å². The number of para-hydroxylation sites is 1. The normalized spacial score (nSPS) is 14.7. The molecule has 17 heavy (non-hydrogen) atoms. The summed E-state index contributed by atoms with van der Waals surface area (Å²) in [5, 5.41) is 0. The number of nitrogens with two attached hydrogens (primary N) is 1. The Kier molecular flexibility index (Phi) is 4.97. The Bertz CT molecular complexity index is 348. The van der Waals surface area contributed by atoms with Gasteiger partial charge in [-0.1, -0.05) is 18.2 Å². The van der Waals surface area contributed by atoms with E-state index in [9.17, 15) is 0 Å². The molecule has 96 valence electrons. The molecule has 0 bridgehead atoms. The predicted octanol–water partition coefficient (Wildman–Crippen LogP) is 2.68. The first-order chi connectivity index (χ1) is 7.97. The molecule has 0 aliphatic carbocycles. The maximum atomic E-state index is 6.34. The lowest BCUT2D eigenvalue weighted by molar-refractivity contribution is 0.169. The third-order valence-electron chi connectivity index (χ3n) is 2.69. The summed E-state index contributed by atoms with van der Waals surface area (Å²) in [6.07, 6.45) is 0.913. The molecule has 0 amide bonds. The van der Waals surface area contributed by atoms with Crippen molar-refractivity contribution in [2.45, 2.75) is 38.8 Å². The average Bonchev–Trinajstić information content (AvgIpc) is 2.26. The van der Waals surface area contributed by atoms with Crippen molar-refractivity contribution in [2.75, 3.05) is 13.7 Å². The third kappa shape index (κ3) is 4.02. The van der Waals surface area contributed by atoms with Crippen LogP contribution in [0.3, 0.4) is 0 Å². The quantitative estimate of drug-likeness (QED) is 0.827. The van der Waals surface area contributed by atoms with Gasteiger partial charge in [-0.15, -0.1) is 0 Å². The smallest absolute Gasteiger partial charge is 0.124 e. The summed E-state index contributed by atoms with van der Waals surface area (Å²) in [5.74, 6) is 0.864. The van der Waals surface area contributed by atoms with Gasteiger partial charge >= 0.3 is 0 Å². The summed E-state index contributed by atoms with van der Waals surface area (Å²) in [4.78, 5) is 0. The molecular weight excluding hydrogens is 214 g/mol. The molecule has 0 aromatic heterocycles. The first-order valence-corrected chi connectivity index (χ1v) is 6.01. The molecule has 3 nitrogen and oxygen atoms in total. The Morgan fingerprint density at radius 3 is 2.53 bits per heavy atom. The number of ether oxygens (including phenoxy) is 2. The molecule has 1 aromatic carbocycles. The Hall–Kier alpha value is -1.06. The molecule has 3 heteroatoms. The fraction of sp³-hybridized carbons (Fsp3) is 0.571. The van der Waals surface area contributed by atoms with Gasteiger partial charge in [-0.2, -0.15) is 0 Å². The molecule has 0 radical (unpaired) electrons. The lowest BCUT2D eigenvalue weighted by atomic mass is 9.89. The van der Waals surface area contributed by atoms with Crippen LogP contribution in [0.1, 0.15) is 32.8 Å². The second-order valence-electron chi connectivity index (χ2n) is 4.82. The Morgan fingerprint density at radius 1 is 1.29 bits per heavy atom. The van der Waals surface area contributed by atoms with Crippen molar-refractivity contribution < 1.29 is 9.47 Å². The van der Waals surface area contributed by atoms with Crippen molar-refractivity contribution in [3.05, 3.63) is 29.8 Å². The molecule has 0 heterocycles. The molecule has 1 aromatic rings. The maximum Gasteiger partial charge on any atom is 0.124 e. The number of benzene rings is 1. The zero-order chi connectivity index (χ0) is 12.9. The van der Waals surface area contributed by atoms with E-state index in [1.54, 1.807) is 7.11 Å². The van der Waals surface area contributed by atoms with Gasteiger partial charge in [0.15, 0.2) is 0 Å². The van der Waals surface area contributed by atoms with Crippen LogP contribution in [0.4, 0.5) is 0 Å². The van der Waals surface area contributed by atoms with Crippen molar-refractivity contribution in [1.29, 1.82) is 0 Å². The molecule has 0 saturated carbocycles. The van der Waals surface area contributed by atoms with Crippen LogP contribution < -0.4 is 10.5 Å². The van der Waals surface area contributed by atoms with Crippen molar-refractivity contribution in [2.24, 2.45) is 5.73 Å². The maximum absolute atomic E-state index is 6.34. The first kappa shape index (κ1) is 14.0.